The zero-order valence-electron chi connectivity index (χ0n) is 32.3. The predicted octanol–water partition coefficient (Wildman–Crippen LogP) is -0.394. The van der Waals surface area contributed by atoms with Crippen molar-refractivity contribution in [3.8, 4) is 0 Å². The molecular weight excluding hydrogens is 736 g/mol. The summed E-state index contributed by atoms with van der Waals surface area (Å²) in [4.78, 5) is 74.2. The molecule has 19 heteroatoms. The summed E-state index contributed by atoms with van der Waals surface area (Å²) in [5, 5.41) is 19.9. The number of rotatable bonds is 32. The zero-order chi connectivity index (χ0) is 41.0. The maximum atomic E-state index is 13.3. The number of aliphatic hydroxyl groups excluding tert-OH is 1. The summed E-state index contributed by atoms with van der Waals surface area (Å²) in [6.45, 7) is 7.71. The smallest absolute Gasteiger partial charge is 0.312 e. The molecule has 2 rings (SSSR count). The number of imide groups is 1. The van der Waals surface area contributed by atoms with Crippen LogP contribution < -0.4 is 27.0 Å². The van der Waals surface area contributed by atoms with Gasteiger partial charge in [-0.3, -0.25) is 28.9 Å². The number of hydrogen-bond donors (Lipinski definition) is 6. The molecule has 7 N–H and O–H groups in total. The molecule has 1 aliphatic rings. The van der Waals surface area contributed by atoms with E-state index in [9.17, 15) is 33.9 Å². The molecule has 314 valence electrons. The van der Waals surface area contributed by atoms with E-state index in [2.05, 4.69) is 21.3 Å². The van der Waals surface area contributed by atoms with Crippen molar-refractivity contribution in [1.29, 1.82) is 0 Å². The van der Waals surface area contributed by atoms with Crippen LogP contribution in [0, 0.1) is 5.92 Å². The number of primary amides is 1. The topological polar surface area (TPSA) is 255 Å². The van der Waals surface area contributed by atoms with Crippen LogP contribution in [0.1, 0.15) is 38.7 Å². The highest BCUT2D eigenvalue weighted by Crippen LogP contribution is 2.12. The monoisotopic (exact) mass is 794 g/mol. The molecule has 1 heterocycles. The third kappa shape index (κ3) is 21.0. The van der Waals surface area contributed by atoms with Gasteiger partial charge in [-0.1, -0.05) is 26.0 Å². The average Bonchev–Trinajstić information content (AvgIpc) is 3.49. The van der Waals surface area contributed by atoms with E-state index in [4.69, 9.17) is 34.2 Å². The summed E-state index contributed by atoms with van der Waals surface area (Å²) < 4.78 is 32.6. The van der Waals surface area contributed by atoms with E-state index in [1.165, 1.54) is 12.2 Å². The number of nitrogens with two attached hydrogens (primary N) is 1. The lowest BCUT2D eigenvalue weighted by Gasteiger charge is -2.25. The van der Waals surface area contributed by atoms with Crippen LogP contribution >= 0.6 is 0 Å². The highest BCUT2D eigenvalue weighted by atomic mass is 16.6. The number of anilines is 1. The van der Waals surface area contributed by atoms with E-state index < -0.39 is 35.8 Å². The van der Waals surface area contributed by atoms with Crippen molar-refractivity contribution < 1.29 is 62.3 Å². The van der Waals surface area contributed by atoms with Crippen LogP contribution in [-0.2, 0) is 59.0 Å². The molecule has 0 fully saturated rings. The van der Waals surface area contributed by atoms with Crippen molar-refractivity contribution in [2.24, 2.45) is 11.7 Å². The van der Waals surface area contributed by atoms with Crippen LogP contribution in [-0.4, -0.2) is 150 Å². The van der Waals surface area contributed by atoms with Gasteiger partial charge >= 0.3 is 6.03 Å². The fourth-order valence-corrected chi connectivity index (χ4v) is 4.93. The quantitative estimate of drug-likeness (QED) is 0.0402. The fraction of sp³-hybridized carbons (Fsp3) is 0.622. The SMILES string of the molecule is CC(C)C(NC(=O)CCOCCOCCOCCOCCOCCOCCN1C(=O)C=CC1=O)C(=O)NC(CCCNC(N)=O)C(=O)Nc1ccc(CO)cc1. The Morgan fingerprint density at radius 3 is 1.70 bits per heavy atom. The maximum Gasteiger partial charge on any atom is 0.312 e. The number of hydrogen-bond acceptors (Lipinski definition) is 13. The number of benzene rings is 1. The molecule has 7 amide bonds. The Kier molecular flexibility index (Phi) is 24.5. The van der Waals surface area contributed by atoms with Crippen molar-refractivity contribution in [1.82, 2.24) is 20.9 Å². The van der Waals surface area contributed by atoms with Gasteiger partial charge in [0.15, 0.2) is 0 Å². The average molecular weight is 795 g/mol. The van der Waals surface area contributed by atoms with Gasteiger partial charge in [0.05, 0.1) is 92.4 Å². The number of aliphatic hydroxyl groups is 1. The molecule has 0 aromatic heterocycles. The molecule has 2 atom stereocenters. The van der Waals surface area contributed by atoms with Gasteiger partial charge in [0, 0.05) is 30.8 Å². The summed E-state index contributed by atoms with van der Waals surface area (Å²) in [5.74, 6) is -2.37. The minimum atomic E-state index is -0.973. The van der Waals surface area contributed by atoms with Gasteiger partial charge in [0.25, 0.3) is 11.8 Å². The Hall–Kier alpha value is -4.50. The van der Waals surface area contributed by atoms with Crippen LogP contribution in [0.5, 0.6) is 0 Å². The highest BCUT2D eigenvalue weighted by molar-refractivity contribution is 6.12. The zero-order valence-corrected chi connectivity index (χ0v) is 32.3. The standard InChI is InChI=1S/C37H58N6O13/c1-27(2)34(36(49)41-30(4-3-12-39-37(38)50)35(48)40-29-7-5-28(26-44)6-8-29)42-31(45)11-14-51-16-18-53-20-22-55-24-25-56-23-21-54-19-17-52-15-13-43-32(46)9-10-33(43)47/h5-10,27,30,34,44H,3-4,11-26H2,1-2H3,(H,40,48)(H,41,49)(H,42,45)(H3,38,39,50). The summed E-state index contributed by atoms with van der Waals surface area (Å²) in [5.41, 5.74) is 6.27. The lowest BCUT2D eigenvalue weighted by Crippen LogP contribution is -2.54. The Morgan fingerprint density at radius 1 is 0.714 bits per heavy atom. The molecule has 0 aliphatic carbocycles. The highest BCUT2D eigenvalue weighted by Gasteiger charge is 2.29. The molecule has 56 heavy (non-hydrogen) atoms. The lowest BCUT2D eigenvalue weighted by molar-refractivity contribution is -0.137. The number of ether oxygens (including phenoxy) is 6. The summed E-state index contributed by atoms with van der Waals surface area (Å²) in [7, 11) is 0. The van der Waals surface area contributed by atoms with Crippen molar-refractivity contribution in [2.45, 2.75) is 51.8 Å². The second-order valence-electron chi connectivity index (χ2n) is 12.7. The van der Waals surface area contributed by atoms with Crippen molar-refractivity contribution >= 4 is 41.3 Å². The normalized spacial score (nSPS) is 13.5. The first-order chi connectivity index (χ1) is 27.0. The molecule has 0 saturated carbocycles. The predicted molar refractivity (Wildman–Crippen MR) is 202 cm³/mol. The van der Waals surface area contributed by atoms with E-state index >= 15 is 0 Å². The molecule has 2 unspecified atom stereocenters. The molecule has 0 saturated heterocycles. The van der Waals surface area contributed by atoms with Crippen molar-refractivity contribution in [3.63, 3.8) is 0 Å². The van der Waals surface area contributed by atoms with Gasteiger partial charge in [0.2, 0.25) is 17.7 Å². The van der Waals surface area contributed by atoms with Crippen LogP contribution in [0.15, 0.2) is 36.4 Å². The maximum absolute atomic E-state index is 13.3. The first-order valence-corrected chi connectivity index (χ1v) is 18.7. The van der Waals surface area contributed by atoms with Crippen LogP contribution in [0.2, 0.25) is 0 Å². The summed E-state index contributed by atoms with van der Waals surface area (Å²) >= 11 is 0. The molecular formula is C37H58N6O13. The van der Waals surface area contributed by atoms with Gasteiger partial charge in [-0.05, 0) is 36.5 Å². The van der Waals surface area contributed by atoms with E-state index in [1.807, 2.05) is 0 Å². The molecule has 1 aromatic rings. The first kappa shape index (κ1) is 47.7. The Bertz CT molecular complexity index is 1360. The first-order valence-electron chi connectivity index (χ1n) is 18.7. The Balaban J connectivity index is 1.52. The Morgan fingerprint density at radius 2 is 1.21 bits per heavy atom. The molecule has 0 radical (unpaired) electrons. The van der Waals surface area contributed by atoms with Gasteiger partial charge in [-0.15, -0.1) is 0 Å². The molecule has 0 bridgehead atoms. The van der Waals surface area contributed by atoms with Crippen LogP contribution in [0.3, 0.4) is 0 Å². The van der Waals surface area contributed by atoms with Crippen LogP contribution in [0.4, 0.5) is 10.5 Å². The second kappa shape index (κ2) is 28.8. The molecule has 0 spiro atoms. The van der Waals surface area contributed by atoms with E-state index in [1.54, 1.807) is 38.1 Å². The minimum absolute atomic E-state index is 0.00820. The summed E-state index contributed by atoms with van der Waals surface area (Å²) in [6, 6.07) is 3.99. The number of carbonyl (C=O) groups excluding carboxylic acids is 6. The van der Waals surface area contributed by atoms with E-state index in [0.29, 0.717) is 77.1 Å². The number of urea groups is 1. The summed E-state index contributed by atoms with van der Waals surface area (Å²) in [6.07, 6.45) is 3.02. The number of amides is 7. The molecule has 1 aliphatic heterocycles. The van der Waals surface area contributed by atoms with Gasteiger partial charge in [0.1, 0.15) is 12.1 Å². The number of nitrogens with zero attached hydrogens (tertiary/aromatic N) is 1. The fourth-order valence-electron chi connectivity index (χ4n) is 4.93. The largest absolute Gasteiger partial charge is 0.392 e. The second-order valence-corrected chi connectivity index (χ2v) is 12.7. The molecule has 1 aromatic carbocycles. The van der Waals surface area contributed by atoms with E-state index in [0.717, 1.165) is 4.90 Å². The van der Waals surface area contributed by atoms with E-state index in [-0.39, 0.29) is 70.1 Å². The van der Waals surface area contributed by atoms with Crippen LogP contribution in [0.25, 0.3) is 0 Å². The third-order valence-corrected chi connectivity index (χ3v) is 7.96. The molecule has 19 nitrogen and oxygen atoms in total. The minimum Gasteiger partial charge on any atom is -0.392 e. The van der Waals surface area contributed by atoms with Crippen molar-refractivity contribution in [2.75, 3.05) is 97.7 Å². The number of carbonyl (C=O) groups is 6. The Labute approximate surface area is 327 Å². The van der Waals surface area contributed by atoms with Crippen molar-refractivity contribution in [3.05, 3.63) is 42.0 Å². The van der Waals surface area contributed by atoms with Gasteiger partial charge in [-0.25, -0.2) is 4.79 Å². The lowest BCUT2D eigenvalue weighted by atomic mass is 10.0. The van der Waals surface area contributed by atoms with Gasteiger partial charge in [-0.2, -0.15) is 0 Å². The third-order valence-electron chi connectivity index (χ3n) is 7.96. The number of nitrogens with one attached hydrogen (secondary N) is 4. The van der Waals surface area contributed by atoms with Gasteiger partial charge < -0.3 is 60.5 Å².